The van der Waals surface area contributed by atoms with Crippen molar-refractivity contribution in [1.82, 2.24) is 20.2 Å². The van der Waals surface area contributed by atoms with Crippen LogP contribution in [-0.2, 0) is 9.59 Å². The molecular formula is C25H31ClN6O2. The third-order valence-electron chi connectivity index (χ3n) is 7.07. The number of halogens is 1. The number of carbonyl (C=O) groups is 2. The zero-order valence-corrected chi connectivity index (χ0v) is 20.5. The van der Waals surface area contributed by atoms with Crippen molar-refractivity contribution in [3.05, 3.63) is 46.7 Å². The highest BCUT2D eigenvalue weighted by Gasteiger charge is 2.52. The number of anilines is 2. The maximum Gasteiger partial charge on any atom is 0.231 e. The number of hydrogen-bond donors (Lipinski definition) is 2. The van der Waals surface area contributed by atoms with Crippen LogP contribution in [-0.4, -0.2) is 64.4 Å². The second kappa shape index (κ2) is 9.15. The summed E-state index contributed by atoms with van der Waals surface area (Å²) in [6.07, 6.45) is 2.89. The van der Waals surface area contributed by atoms with Crippen LogP contribution in [0, 0.1) is 0 Å². The van der Waals surface area contributed by atoms with E-state index in [2.05, 4.69) is 44.2 Å². The smallest absolute Gasteiger partial charge is 0.231 e. The summed E-state index contributed by atoms with van der Waals surface area (Å²) >= 11 is 6.09. The Labute approximate surface area is 205 Å². The fraction of sp³-hybridized carbons (Fsp3) is 0.520. The van der Waals surface area contributed by atoms with Gasteiger partial charge in [0.05, 0.1) is 18.0 Å². The molecule has 0 bridgehead atoms. The summed E-state index contributed by atoms with van der Waals surface area (Å²) in [6, 6.07) is 8.32. The Morgan fingerprint density at radius 1 is 1.21 bits per heavy atom. The quantitative estimate of drug-likeness (QED) is 0.657. The lowest BCUT2D eigenvalue weighted by Gasteiger charge is -2.38. The van der Waals surface area contributed by atoms with E-state index in [-0.39, 0.29) is 35.7 Å². The molecule has 2 aliphatic heterocycles. The van der Waals surface area contributed by atoms with E-state index < -0.39 is 0 Å². The van der Waals surface area contributed by atoms with Crippen LogP contribution in [0.2, 0.25) is 5.02 Å². The molecule has 8 nitrogen and oxygen atoms in total. The van der Waals surface area contributed by atoms with Crippen molar-refractivity contribution in [3.8, 4) is 0 Å². The molecule has 2 N–H and O–H groups in total. The molecule has 4 atom stereocenters. The molecule has 34 heavy (non-hydrogen) atoms. The van der Waals surface area contributed by atoms with E-state index in [0.29, 0.717) is 42.9 Å². The van der Waals surface area contributed by atoms with Gasteiger partial charge in [0.15, 0.2) is 0 Å². The monoisotopic (exact) mass is 482 g/mol. The Balaban J connectivity index is 1.35. The maximum atomic E-state index is 13.8. The first-order valence-corrected chi connectivity index (χ1v) is 12.4. The van der Waals surface area contributed by atoms with Gasteiger partial charge in [0.2, 0.25) is 11.8 Å². The fourth-order valence-corrected chi connectivity index (χ4v) is 5.38. The number of rotatable bonds is 6. The van der Waals surface area contributed by atoms with Crippen LogP contribution in [0.5, 0.6) is 0 Å². The molecule has 4 unspecified atom stereocenters. The van der Waals surface area contributed by atoms with Crippen LogP contribution in [0.4, 0.5) is 11.6 Å². The van der Waals surface area contributed by atoms with E-state index >= 15 is 0 Å². The second-order valence-electron chi connectivity index (χ2n) is 9.88. The van der Waals surface area contributed by atoms with Crippen LogP contribution >= 0.6 is 11.6 Å². The molecule has 1 saturated heterocycles. The highest BCUT2D eigenvalue weighted by atomic mass is 35.5. The number of hydrogen-bond acceptors (Lipinski definition) is 6. The third-order valence-corrected chi connectivity index (χ3v) is 7.32. The fourth-order valence-electron chi connectivity index (χ4n) is 5.25. The van der Waals surface area contributed by atoms with E-state index in [1.165, 1.54) is 6.33 Å². The molecule has 5 rings (SSSR count). The van der Waals surface area contributed by atoms with Gasteiger partial charge in [-0.2, -0.15) is 0 Å². The molecule has 1 aliphatic carbocycles. The lowest BCUT2D eigenvalue weighted by molar-refractivity contribution is -0.133. The van der Waals surface area contributed by atoms with Gasteiger partial charge in [0.25, 0.3) is 0 Å². The zero-order chi connectivity index (χ0) is 24.0. The van der Waals surface area contributed by atoms with E-state index in [4.69, 9.17) is 11.6 Å². The summed E-state index contributed by atoms with van der Waals surface area (Å²) < 4.78 is 0. The molecule has 180 valence electrons. The molecule has 1 aromatic heterocycles. The molecule has 9 heteroatoms. The van der Waals surface area contributed by atoms with Crippen molar-refractivity contribution in [2.75, 3.05) is 29.9 Å². The number of aromatic nitrogens is 2. The highest BCUT2D eigenvalue weighted by molar-refractivity contribution is 6.30. The Kier molecular flexibility index (Phi) is 6.20. The summed E-state index contributed by atoms with van der Waals surface area (Å²) in [4.78, 5) is 39.0. The highest BCUT2D eigenvalue weighted by Crippen LogP contribution is 2.44. The van der Waals surface area contributed by atoms with Crippen molar-refractivity contribution in [2.45, 2.75) is 63.6 Å². The Morgan fingerprint density at radius 3 is 2.71 bits per heavy atom. The molecular weight excluding hydrogens is 452 g/mol. The number of nitrogens with zero attached hydrogens (tertiary/aromatic N) is 4. The van der Waals surface area contributed by atoms with Crippen LogP contribution in [0.15, 0.2) is 30.6 Å². The topological polar surface area (TPSA) is 90.5 Å². The Hall–Kier alpha value is -2.71. The van der Waals surface area contributed by atoms with E-state index in [1.807, 2.05) is 31.2 Å². The zero-order valence-electron chi connectivity index (χ0n) is 19.8. The molecule has 2 fully saturated rings. The number of fused-ring (bicyclic) bond motifs is 2. The van der Waals surface area contributed by atoms with E-state index in [1.54, 1.807) is 0 Å². The SMILES string of the molecule is CC(C)NCC(C(=O)N1CCN(c2ncnc3c2C(C)CC(=O)N3)C2CC21)c1ccc(Cl)cc1. The lowest BCUT2D eigenvalue weighted by Crippen LogP contribution is -2.51. The van der Waals surface area contributed by atoms with Gasteiger partial charge in [-0.15, -0.1) is 0 Å². The average molecular weight is 483 g/mol. The van der Waals surface area contributed by atoms with Crippen LogP contribution in [0.3, 0.4) is 0 Å². The van der Waals surface area contributed by atoms with Crippen molar-refractivity contribution < 1.29 is 9.59 Å². The number of carbonyl (C=O) groups excluding carboxylic acids is 2. The maximum absolute atomic E-state index is 13.8. The second-order valence-corrected chi connectivity index (χ2v) is 10.3. The van der Waals surface area contributed by atoms with Crippen LogP contribution in [0.25, 0.3) is 0 Å². The summed E-state index contributed by atoms with van der Waals surface area (Å²) in [7, 11) is 0. The van der Waals surface area contributed by atoms with Gasteiger partial charge in [0.1, 0.15) is 18.0 Å². The number of piperazine rings is 1. The molecule has 0 spiro atoms. The van der Waals surface area contributed by atoms with Gasteiger partial charge in [-0.1, -0.05) is 44.5 Å². The lowest BCUT2D eigenvalue weighted by atomic mass is 9.94. The normalized spacial score (nSPS) is 24.4. The molecule has 3 aliphatic rings. The van der Waals surface area contributed by atoms with Crippen molar-refractivity contribution in [1.29, 1.82) is 0 Å². The minimum atomic E-state index is -0.255. The first kappa shape index (κ1) is 23.1. The standard InChI is InChI=1S/C25H31ClN6O2/c1-14(2)27-12-18(16-4-6-17(26)7-5-16)25(34)32-9-8-31(19-11-20(19)32)24-22-15(3)10-21(33)30-23(22)28-13-29-24/h4-7,13-15,18-20,27H,8-12H2,1-3H3,(H,28,29,30,33). The molecule has 1 saturated carbocycles. The Bertz CT molecular complexity index is 1090. The number of benzene rings is 1. The largest absolute Gasteiger partial charge is 0.349 e. The molecule has 1 aromatic carbocycles. The van der Waals surface area contributed by atoms with Gasteiger partial charge >= 0.3 is 0 Å². The summed E-state index contributed by atoms with van der Waals surface area (Å²) in [5.41, 5.74) is 1.99. The van der Waals surface area contributed by atoms with Crippen LogP contribution < -0.4 is 15.5 Å². The van der Waals surface area contributed by atoms with Gasteiger partial charge in [0, 0.05) is 42.7 Å². The van der Waals surface area contributed by atoms with E-state index in [0.717, 1.165) is 23.4 Å². The van der Waals surface area contributed by atoms with Gasteiger partial charge in [-0.25, -0.2) is 9.97 Å². The average Bonchev–Trinajstić information content (AvgIpc) is 3.60. The first-order chi connectivity index (χ1) is 16.3. The number of amides is 2. The molecule has 0 radical (unpaired) electrons. The van der Waals surface area contributed by atoms with Gasteiger partial charge in [-0.3, -0.25) is 9.59 Å². The predicted octanol–water partition coefficient (Wildman–Crippen LogP) is 3.15. The third kappa shape index (κ3) is 4.36. The molecule has 2 amide bonds. The van der Waals surface area contributed by atoms with Crippen molar-refractivity contribution >= 4 is 35.1 Å². The minimum absolute atomic E-state index is 0.00684. The summed E-state index contributed by atoms with van der Waals surface area (Å²) in [5, 5.41) is 7.00. The summed E-state index contributed by atoms with van der Waals surface area (Å²) in [5.74, 6) is 1.48. The predicted molar refractivity (Wildman–Crippen MR) is 132 cm³/mol. The Morgan fingerprint density at radius 2 is 1.97 bits per heavy atom. The molecule has 3 heterocycles. The summed E-state index contributed by atoms with van der Waals surface area (Å²) in [6.45, 7) is 8.17. The first-order valence-electron chi connectivity index (χ1n) is 12.0. The van der Waals surface area contributed by atoms with Crippen LogP contribution in [0.1, 0.15) is 56.6 Å². The van der Waals surface area contributed by atoms with E-state index in [9.17, 15) is 9.59 Å². The van der Waals surface area contributed by atoms with Gasteiger partial charge in [-0.05, 0) is 30.0 Å². The van der Waals surface area contributed by atoms with Gasteiger partial charge < -0.3 is 20.4 Å². The number of nitrogens with one attached hydrogen (secondary N) is 2. The van der Waals surface area contributed by atoms with Crippen molar-refractivity contribution in [2.24, 2.45) is 0 Å². The van der Waals surface area contributed by atoms with Crippen molar-refractivity contribution in [3.63, 3.8) is 0 Å². The minimum Gasteiger partial charge on any atom is -0.349 e. The molecule has 2 aromatic rings.